The molecule has 0 aliphatic carbocycles. The maximum absolute atomic E-state index is 14.2. The summed E-state index contributed by atoms with van der Waals surface area (Å²) in [5.74, 6) is -2.60. The average molecular weight is 401 g/mol. The number of nitrogens with zero attached hydrogens (tertiary/aromatic N) is 3. The van der Waals surface area contributed by atoms with Gasteiger partial charge in [-0.2, -0.15) is 5.26 Å². The van der Waals surface area contributed by atoms with Crippen molar-refractivity contribution in [3.05, 3.63) is 68.5 Å². The molecule has 0 unspecified atom stereocenters. The molecular formula is C20H21F2N5O2. The van der Waals surface area contributed by atoms with Gasteiger partial charge in [0.1, 0.15) is 6.07 Å². The molecule has 1 atom stereocenters. The number of fused-ring (bicyclic) bond motifs is 1. The van der Waals surface area contributed by atoms with E-state index in [1.54, 1.807) is 13.8 Å². The molecule has 0 fully saturated rings. The van der Waals surface area contributed by atoms with Crippen LogP contribution in [0.3, 0.4) is 0 Å². The lowest BCUT2D eigenvalue weighted by molar-refractivity contribution is -0.121. The molecule has 9 heteroatoms. The predicted octanol–water partition coefficient (Wildman–Crippen LogP) is 3.00. The van der Waals surface area contributed by atoms with Crippen LogP contribution in [0.1, 0.15) is 44.0 Å². The molecule has 0 saturated heterocycles. The van der Waals surface area contributed by atoms with E-state index < -0.39 is 29.1 Å². The van der Waals surface area contributed by atoms with Crippen LogP contribution in [-0.2, 0) is 11.2 Å². The summed E-state index contributed by atoms with van der Waals surface area (Å²) in [4.78, 5) is 35.6. The SMILES string of the molecule is Cc1nc(C#N)cnc1[C@@H](C)NC(=O)Cc1c(C)c2c(F)c(F)ccc2[nH]c1=O.[HH].[HH]. The van der Waals surface area contributed by atoms with Crippen molar-refractivity contribution in [2.75, 3.05) is 0 Å². The number of aromatic nitrogens is 3. The Bertz CT molecular complexity index is 1240. The van der Waals surface area contributed by atoms with Crippen LogP contribution in [0.15, 0.2) is 23.1 Å². The summed E-state index contributed by atoms with van der Waals surface area (Å²) in [7, 11) is 0. The van der Waals surface area contributed by atoms with Gasteiger partial charge in [0.25, 0.3) is 5.56 Å². The maximum Gasteiger partial charge on any atom is 0.252 e. The van der Waals surface area contributed by atoms with Crippen molar-refractivity contribution in [1.82, 2.24) is 20.3 Å². The second-order valence-electron chi connectivity index (χ2n) is 6.65. The zero-order valence-electron chi connectivity index (χ0n) is 15.9. The fourth-order valence-electron chi connectivity index (χ4n) is 3.24. The average Bonchev–Trinajstić information content (AvgIpc) is 2.67. The van der Waals surface area contributed by atoms with Gasteiger partial charge in [-0.1, -0.05) is 0 Å². The van der Waals surface area contributed by atoms with Crippen molar-refractivity contribution >= 4 is 16.8 Å². The minimum absolute atomic E-state index is 0. The van der Waals surface area contributed by atoms with Gasteiger partial charge >= 0.3 is 0 Å². The van der Waals surface area contributed by atoms with Crippen molar-refractivity contribution in [1.29, 1.82) is 5.26 Å². The molecule has 29 heavy (non-hydrogen) atoms. The van der Waals surface area contributed by atoms with Crippen LogP contribution in [-0.4, -0.2) is 20.9 Å². The fraction of sp³-hybridized carbons (Fsp3) is 0.250. The lowest BCUT2D eigenvalue weighted by Gasteiger charge is -2.16. The summed E-state index contributed by atoms with van der Waals surface area (Å²) in [6.45, 7) is 4.83. The highest BCUT2D eigenvalue weighted by Gasteiger charge is 2.20. The Balaban J connectivity index is 0.00000240. The van der Waals surface area contributed by atoms with E-state index in [-0.39, 0.29) is 37.0 Å². The second-order valence-corrected chi connectivity index (χ2v) is 6.65. The van der Waals surface area contributed by atoms with Crippen LogP contribution >= 0.6 is 0 Å². The number of rotatable bonds is 4. The standard InChI is InChI=1S/C20H17F2N5O2.2H2/c1-9-13(20(29)27-15-5-4-14(21)18(22)17(9)15)6-16(28)26-11(3)19-10(2)25-12(7-23)8-24-19;;/h4-5,8,11H,6H2,1-3H3,(H,26,28)(H,27,29);2*1H/t11-;;/m1../s1. The first-order chi connectivity index (χ1) is 13.7. The van der Waals surface area contributed by atoms with Crippen LogP contribution < -0.4 is 10.9 Å². The van der Waals surface area contributed by atoms with Crippen LogP contribution in [0, 0.1) is 36.8 Å². The van der Waals surface area contributed by atoms with Gasteiger partial charge < -0.3 is 10.3 Å². The number of carbonyl (C=O) groups is 1. The highest BCUT2D eigenvalue weighted by Crippen LogP contribution is 2.23. The van der Waals surface area contributed by atoms with Crippen molar-refractivity contribution in [3.63, 3.8) is 0 Å². The first-order valence-electron chi connectivity index (χ1n) is 8.75. The monoisotopic (exact) mass is 401 g/mol. The number of aromatic amines is 1. The molecule has 1 amide bonds. The number of carbonyl (C=O) groups excluding carboxylic acids is 1. The molecule has 7 nitrogen and oxygen atoms in total. The Kier molecular flexibility index (Phi) is 5.37. The Morgan fingerprint density at radius 2 is 2.10 bits per heavy atom. The topological polar surface area (TPSA) is 112 Å². The van der Waals surface area contributed by atoms with Crippen LogP contribution in [0.25, 0.3) is 10.9 Å². The molecule has 2 aromatic heterocycles. The van der Waals surface area contributed by atoms with Gasteiger partial charge in [0.2, 0.25) is 5.91 Å². The van der Waals surface area contributed by atoms with Crippen LogP contribution in [0.2, 0.25) is 0 Å². The van der Waals surface area contributed by atoms with E-state index in [0.29, 0.717) is 11.4 Å². The highest BCUT2D eigenvalue weighted by molar-refractivity contribution is 5.86. The van der Waals surface area contributed by atoms with Gasteiger partial charge in [0.15, 0.2) is 17.3 Å². The third-order valence-electron chi connectivity index (χ3n) is 4.67. The van der Waals surface area contributed by atoms with Gasteiger partial charge in [-0.05, 0) is 38.5 Å². The van der Waals surface area contributed by atoms with E-state index in [1.807, 2.05) is 6.07 Å². The summed E-state index contributed by atoms with van der Waals surface area (Å²) in [6.07, 6.45) is 0.987. The molecule has 3 aromatic rings. The number of aryl methyl sites for hydroxylation is 2. The van der Waals surface area contributed by atoms with E-state index in [1.165, 1.54) is 19.2 Å². The van der Waals surface area contributed by atoms with E-state index in [4.69, 9.17) is 5.26 Å². The number of amides is 1. The Hall–Kier alpha value is -3.67. The first-order valence-corrected chi connectivity index (χ1v) is 8.75. The van der Waals surface area contributed by atoms with E-state index >= 15 is 0 Å². The number of nitrogens with one attached hydrogen (secondary N) is 2. The summed E-state index contributed by atoms with van der Waals surface area (Å²) in [5, 5.41) is 11.5. The number of H-pyrrole nitrogens is 1. The van der Waals surface area contributed by atoms with Gasteiger partial charge in [-0.15, -0.1) is 0 Å². The smallest absolute Gasteiger partial charge is 0.252 e. The molecular weight excluding hydrogens is 380 g/mol. The normalized spacial score (nSPS) is 11.9. The number of hydrogen-bond donors (Lipinski definition) is 2. The largest absolute Gasteiger partial charge is 0.348 e. The van der Waals surface area contributed by atoms with Crippen molar-refractivity contribution in [2.45, 2.75) is 33.2 Å². The number of pyridine rings is 1. The van der Waals surface area contributed by atoms with E-state index in [2.05, 4.69) is 20.3 Å². The Morgan fingerprint density at radius 3 is 2.76 bits per heavy atom. The maximum atomic E-state index is 14.2. The van der Waals surface area contributed by atoms with Gasteiger partial charge in [0.05, 0.1) is 35.6 Å². The molecule has 152 valence electrons. The number of nitriles is 1. The minimum Gasteiger partial charge on any atom is -0.348 e. The number of benzene rings is 1. The summed E-state index contributed by atoms with van der Waals surface area (Å²) < 4.78 is 27.8. The quantitative estimate of drug-likeness (QED) is 0.698. The number of halogens is 2. The Labute approximate surface area is 167 Å². The first kappa shape index (κ1) is 20.1. The number of hydrogen-bond acceptors (Lipinski definition) is 5. The van der Waals surface area contributed by atoms with Crippen LogP contribution in [0.5, 0.6) is 0 Å². The van der Waals surface area contributed by atoms with E-state index in [9.17, 15) is 18.4 Å². The van der Waals surface area contributed by atoms with Crippen molar-refractivity contribution in [2.24, 2.45) is 0 Å². The Morgan fingerprint density at radius 1 is 1.38 bits per heavy atom. The van der Waals surface area contributed by atoms with Crippen molar-refractivity contribution in [3.8, 4) is 6.07 Å². The molecule has 3 rings (SSSR count). The molecule has 0 aliphatic heterocycles. The van der Waals surface area contributed by atoms with Gasteiger partial charge in [0, 0.05) is 13.8 Å². The van der Waals surface area contributed by atoms with Crippen molar-refractivity contribution < 1.29 is 16.4 Å². The molecule has 0 radical (unpaired) electrons. The highest BCUT2D eigenvalue weighted by atomic mass is 19.2. The molecule has 0 bridgehead atoms. The third kappa shape index (κ3) is 3.82. The van der Waals surface area contributed by atoms with Crippen LogP contribution in [0.4, 0.5) is 8.78 Å². The lowest BCUT2D eigenvalue weighted by Crippen LogP contribution is -2.31. The lowest BCUT2D eigenvalue weighted by atomic mass is 10.0. The summed E-state index contributed by atoms with van der Waals surface area (Å²) in [6, 6.07) is 3.57. The second kappa shape index (κ2) is 7.75. The van der Waals surface area contributed by atoms with E-state index in [0.717, 1.165) is 6.07 Å². The van der Waals surface area contributed by atoms with Gasteiger partial charge in [-0.3, -0.25) is 14.6 Å². The molecule has 2 N–H and O–H groups in total. The molecule has 0 aliphatic rings. The zero-order valence-corrected chi connectivity index (χ0v) is 15.9. The molecule has 2 heterocycles. The molecule has 1 aromatic carbocycles. The minimum atomic E-state index is -1.07. The third-order valence-corrected chi connectivity index (χ3v) is 4.67. The zero-order chi connectivity index (χ0) is 21.3. The summed E-state index contributed by atoms with van der Waals surface area (Å²) >= 11 is 0. The van der Waals surface area contributed by atoms with Gasteiger partial charge in [-0.25, -0.2) is 13.8 Å². The molecule has 0 saturated carbocycles. The fourth-order valence-corrected chi connectivity index (χ4v) is 3.24. The molecule has 0 spiro atoms. The predicted molar refractivity (Wildman–Crippen MR) is 105 cm³/mol. The summed E-state index contributed by atoms with van der Waals surface area (Å²) in [5.41, 5.74) is 1.01.